The summed E-state index contributed by atoms with van der Waals surface area (Å²) in [6.45, 7) is 5.54. The Bertz CT molecular complexity index is 742. The first-order valence-corrected chi connectivity index (χ1v) is 10.1. The summed E-state index contributed by atoms with van der Waals surface area (Å²) < 4.78 is 13.1. The van der Waals surface area contributed by atoms with Crippen LogP contribution < -0.4 is 16.1 Å². The Morgan fingerprint density at radius 3 is 2.30 bits per heavy atom. The minimum atomic E-state index is -0.911. The molecule has 0 aliphatic heterocycles. The summed E-state index contributed by atoms with van der Waals surface area (Å²) in [5.74, 6) is -1.22. The molecule has 0 aromatic heterocycles. The fourth-order valence-electron chi connectivity index (χ4n) is 3.61. The fourth-order valence-corrected chi connectivity index (χ4v) is 3.61. The molecule has 4 N–H and O–H groups in total. The highest BCUT2D eigenvalue weighted by Gasteiger charge is 2.37. The summed E-state index contributed by atoms with van der Waals surface area (Å²) in [5, 5.41) is 14.2. The maximum Gasteiger partial charge on any atom is 0.319 e. The van der Waals surface area contributed by atoms with Gasteiger partial charge in [0.25, 0.3) is 5.91 Å². The topological polar surface area (TPSA) is 111 Å². The van der Waals surface area contributed by atoms with E-state index in [9.17, 15) is 18.8 Å². The summed E-state index contributed by atoms with van der Waals surface area (Å²) in [7, 11) is 0. The van der Waals surface area contributed by atoms with Gasteiger partial charge in [0.1, 0.15) is 18.4 Å². The second-order valence-corrected chi connectivity index (χ2v) is 8.81. The number of carbonyl (C=O) groups excluding carboxylic acids is 3. The Labute approximate surface area is 176 Å². The van der Waals surface area contributed by atoms with E-state index in [1.54, 1.807) is 5.48 Å². The molecule has 0 radical (unpaired) electrons. The minimum absolute atomic E-state index is 0.286. The zero-order chi connectivity index (χ0) is 22.3. The Hall–Kier alpha value is -2.68. The number of carbonyl (C=O) groups is 3. The standard InChI is InChI=1S/C21H31FN4O4/c1-21(2,3)18(24-20(29)23-16-10-8-15(22)9-11-16)19(28)26(13-17(27)25-30)12-14-6-4-5-7-14/h8-11,14,18,30H,4-7,12-13H2,1-3H3,(H,25,27)(H2,23,24,29). The molecule has 0 heterocycles. The van der Waals surface area contributed by atoms with Gasteiger partial charge >= 0.3 is 6.03 Å². The van der Waals surface area contributed by atoms with E-state index in [1.165, 1.54) is 29.2 Å². The molecule has 8 nitrogen and oxygen atoms in total. The molecule has 1 aromatic carbocycles. The second-order valence-electron chi connectivity index (χ2n) is 8.81. The molecule has 1 aromatic rings. The molecule has 0 bridgehead atoms. The zero-order valence-electron chi connectivity index (χ0n) is 17.7. The monoisotopic (exact) mass is 422 g/mol. The molecule has 1 fully saturated rings. The number of urea groups is 1. The lowest BCUT2D eigenvalue weighted by Gasteiger charge is -2.35. The molecule has 1 aliphatic carbocycles. The van der Waals surface area contributed by atoms with E-state index in [0.717, 1.165) is 25.7 Å². The van der Waals surface area contributed by atoms with E-state index >= 15 is 0 Å². The van der Waals surface area contributed by atoms with Crippen LogP contribution in [0.4, 0.5) is 14.9 Å². The van der Waals surface area contributed by atoms with E-state index < -0.39 is 35.1 Å². The summed E-state index contributed by atoms with van der Waals surface area (Å²) in [6.07, 6.45) is 4.12. The van der Waals surface area contributed by atoms with Crippen LogP contribution in [0.25, 0.3) is 0 Å². The van der Waals surface area contributed by atoms with Crippen LogP contribution in [0.2, 0.25) is 0 Å². The first kappa shape index (κ1) is 23.6. The number of halogens is 1. The van der Waals surface area contributed by atoms with Crippen molar-refractivity contribution in [2.24, 2.45) is 11.3 Å². The smallest absolute Gasteiger partial charge is 0.319 e. The Morgan fingerprint density at radius 2 is 1.77 bits per heavy atom. The van der Waals surface area contributed by atoms with Crippen molar-refractivity contribution in [1.82, 2.24) is 15.7 Å². The van der Waals surface area contributed by atoms with E-state index in [2.05, 4.69) is 10.6 Å². The average molecular weight is 423 g/mol. The number of nitrogens with one attached hydrogen (secondary N) is 3. The maximum atomic E-state index is 13.3. The third-order valence-corrected chi connectivity index (χ3v) is 5.21. The quantitative estimate of drug-likeness (QED) is 0.400. The number of hydroxylamine groups is 1. The van der Waals surface area contributed by atoms with E-state index in [-0.39, 0.29) is 12.5 Å². The van der Waals surface area contributed by atoms with Crippen LogP contribution in [0.1, 0.15) is 46.5 Å². The normalized spacial score (nSPS) is 15.4. The van der Waals surface area contributed by atoms with Gasteiger partial charge in [-0.2, -0.15) is 0 Å². The number of anilines is 1. The molecule has 1 unspecified atom stereocenters. The minimum Gasteiger partial charge on any atom is -0.331 e. The average Bonchev–Trinajstić information content (AvgIpc) is 3.19. The maximum absolute atomic E-state index is 13.3. The van der Waals surface area contributed by atoms with Gasteiger partial charge < -0.3 is 15.5 Å². The van der Waals surface area contributed by atoms with Gasteiger partial charge in [-0.05, 0) is 48.4 Å². The summed E-state index contributed by atoms with van der Waals surface area (Å²) in [6, 6.07) is 3.76. The molecule has 9 heteroatoms. The molecule has 0 saturated heterocycles. The van der Waals surface area contributed by atoms with Gasteiger partial charge in [0.05, 0.1) is 0 Å². The molecular weight excluding hydrogens is 391 g/mol. The SMILES string of the molecule is CC(C)(C)C(NC(=O)Nc1ccc(F)cc1)C(=O)N(CC(=O)NO)CC1CCCC1. The second kappa shape index (κ2) is 10.4. The van der Waals surface area contributed by atoms with Crippen LogP contribution >= 0.6 is 0 Å². The van der Waals surface area contributed by atoms with Crippen LogP contribution in [0, 0.1) is 17.2 Å². The Balaban J connectivity index is 2.14. The number of hydrogen-bond acceptors (Lipinski definition) is 4. The van der Waals surface area contributed by atoms with Crippen molar-refractivity contribution < 1.29 is 24.0 Å². The molecule has 4 amide bonds. The molecule has 2 rings (SSSR count). The van der Waals surface area contributed by atoms with E-state index in [0.29, 0.717) is 12.2 Å². The van der Waals surface area contributed by atoms with Crippen molar-refractivity contribution in [2.45, 2.75) is 52.5 Å². The molecule has 30 heavy (non-hydrogen) atoms. The summed E-state index contributed by atoms with van der Waals surface area (Å²) in [4.78, 5) is 39.0. The highest BCUT2D eigenvalue weighted by molar-refractivity contribution is 5.95. The molecule has 1 aliphatic rings. The van der Waals surface area contributed by atoms with Gasteiger partial charge in [-0.3, -0.25) is 14.8 Å². The zero-order valence-corrected chi connectivity index (χ0v) is 17.7. The van der Waals surface area contributed by atoms with Gasteiger partial charge in [-0.25, -0.2) is 14.7 Å². The third kappa shape index (κ3) is 6.98. The fraction of sp³-hybridized carbons (Fsp3) is 0.571. The van der Waals surface area contributed by atoms with Gasteiger partial charge in [0, 0.05) is 12.2 Å². The lowest BCUT2D eigenvalue weighted by atomic mass is 9.85. The van der Waals surface area contributed by atoms with Crippen molar-refractivity contribution in [2.75, 3.05) is 18.4 Å². The highest BCUT2D eigenvalue weighted by Crippen LogP contribution is 2.27. The van der Waals surface area contributed by atoms with Gasteiger partial charge in [-0.15, -0.1) is 0 Å². The molecule has 1 saturated carbocycles. The van der Waals surface area contributed by atoms with Crippen molar-refractivity contribution in [3.8, 4) is 0 Å². The van der Waals surface area contributed by atoms with E-state index in [1.807, 2.05) is 20.8 Å². The largest absolute Gasteiger partial charge is 0.331 e. The van der Waals surface area contributed by atoms with Crippen LogP contribution in [-0.2, 0) is 9.59 Å². The molecule has 166 valence electrons. The van der Waals surface area contributed by atoms with Gasteiger partial charge in [-0.1, -0.05) is 33.6 Å². The van der Waals surface area contributed by atoms with Crippen LogP contribution in [0.15, 0.2) is 24.3 Å². The van der Waals surface area contributed by atoms with Crippen LogP contribution in [-0.4, -0.2) is 47.1 Å². The van der Waals surface area contributed by atoms with Crippen LogP contribution in [0.3, 0.4) is 0 Å². The van der Waals surface area contributed by atoms with Crippen molar-refractivity contribution in [3.63, 3.8) is 0 Å². The Kier molecular flexibility index (Phi) is 8.16. The molecule has 0 spiro atoms. The number of nitrogens with zero attached hydrogens (tertiary/aromatic N) is 1. The van der Waals surface area contributed by atoms with Crippen molar-refractivity contribution in [3.05, 3.63) is 30.1 Å². The molecular formula is C21H31FN4O4. The predicted molar refractivity (Wildman–Crippen MR) is 110 cm³/mol. The van der Waals surface area contributed by atoms with Crippen molar-refractivity contribution in [1.29, 1.82) is 0 Å². The van der Waals surface area contributed by atoms with Crippen molar-refractivity contribution >= 4 is 23.5 Å². The third-order valence-electron chi connectivity index (χ3n) is 5.21. The number of amides is 4. The van der Waals surface area contributed by atoms with Gasteiger partial charge in [0.2, 0.25) is 5.91 Å². The lowest BCUT2D eigenvalue weighted by molar-refractivity contribution is -0.142. The van der Waals surface area contributed by atoms with E-state index in [4.69, 9.17) is 5.21 Å². The van der Waals surface area contributed by atoms with Crippen LogP contribution in [0.5, 0.6) is 0 Å². The molecule has 1 atom stereocenters. The highest BCUT2D eigenvalue weighted by atomic mass is 19.1. The lowest BCUT2D eigenvalue weighted by Crippen LogP contribution is -2.57. The number of benzene rings is 1. The summed E-state index contributed by atoms with van der Waals surface area (Å²) >= 11 is 0. The summed E-state index contributed by atoms with van der Waals surface area (Å²) in [5.41, 5.74) is 1.32. The first-order valence-electron chi connectivity index (χ1n) is 10.1. The predicted octanol–water partition coefficient (Wildman–Crippen LogP) is 2.89. The van der Waals surface area contributed by atoms with Gasteiger partial charge in [0.15, 0.2) is 0 Å². The first-order chi connectivity index (χ1) is 14.1. The Morgan fingerprint density at radius 1 is 1.17 bits per heavy atom. The number of rotatable bonds is 7. The number of hydrogen-bond donors (Lipinski definition) is 4.